The molecule has 0 unspecified atom stereocenters. The lowest BCUT2D eigenvalue weighted by molar-refractivity contribution is -0.121. The molecule has 1 N–H and O–H groups in total. The number of anilines is 1. The van der Waals surface area contributed by atoms with Crippen LogP contribution in [-0.4, -0.2) is 42.0 Å². The lowest BCUT2D eigenvalue weighted by Crippen LogP contribution is -2.50. The van der Waals surface area contributed by atoms with Gasteiger partial charge in [0.25, 0.3) is 5.91 Å². The SMILES string of the molecule is COc1ccc(OC)c(-c2csc(NC(=O)[C@@H]3Cc4ccccc4CN3C(=O)c3ccco3)n2)c1. The molecular formula is C26H23N3O5S. The molecule has 9 heteroatoms. The van der Waals surface area contributed by atoms with E-state index in [1.165, 1.54) is 17.6 Å². The third-order valence-electron chi connectivity index (χ3n) is 5.96. The van der Waals surface area contributed by atoms with Crippen LogP contribution < -0.4 is 14.8 Å². The summed E-state index contributed by atoms with van der Waals surface area (Å²) >= 11 is 1.30. The van der Waals surface area contributed by atoms with Gasteiger partial charge in [0.05, 0.1) is 26.2 Å². The van der Waals surface area contributed by atoms with Crippen LogP contribution in [0.15, 0.2) is 70.7 Å². The van der Waals surface area contributed by atoms with Gasteiger partial charge >= 0.3 is 0 Å². The molecule has 1 atom stereocenters. The van der Waals surface area contributed by atoms with Crippen LogP contribution >= 0.6 is 11.3 Å². The summed E-state index contributed by atoms with van der Waals surface area (Å²) in [6.45, 7) is 0.317. The average Bonchev–Trinajstić information content (AvgIpc) is 3.60. The second-order valence-corrected chi connectivity index (χ2v) is 8.85. The van der Waals surface area contributed by atoms with Crippen molar-refractivity contribution in [2.24, 2.45) is 0 Å². The molecule has 0 saturated carbocycles. The van der Waals surface area contributed by atoms with Gasteiger partial charge in [0.15, 0.2) is 10.9 Å². The summed E-state index contributed by atoms with van der Waals surface area (Å²) < 4.78 is 16.1. The highest BCUT2D eigenvalue weighted by atomic mass is 32.1. The number of nitrogens with zero attached hydrogens (tertiary/aromatic N) is 2. The summed E-state index contributed by atoms with van der Waals surface area (Å²) in [4.78, 5) is 32.7. The van der Waals surface area contributed by atoms with E-state index in [2.05, 4.69) is 10.3 Å². The first kappa shape index (κ1) is 22.7. The molecule has 5 rings (SSSR count). The van der Waals surface area contributed by atoms with Crippen LogP contribution in [-0.2, 0) is 17.8 Å². The molecule has 35 heavy (non-hydrogen) atoms. The third-order valence-corrected chi connectivity index (χ3v) is 6.72. The van der Waals surface area contributed by atoms with Crippen LogP contribution in [0.5, 0.6) is 11.5 Å². The van der Waals surface area contributed by atoms with Gasteiger partial charge in [0.1, 0.15) is 17.5 Å². The molecule has 0 aliphatic carbocycles. The Labute approximate surface area is 206 Å². The van der Waals surface area contributed by atoms with Gasteiger partial charge in [-0.1, -0.05) is 24.3 Å². The van der Waals surface area contributed by atoms with Crippen LogP contribution in [0.2, 0.25) is 0 Å². The van der Waals surface area contributed by atoms with Crippen molar-refractivity contribution in [2.45, 2.75) is 19.0 Å². The van der Waals surface area contributed by atoms with E-state index >= 15 is 0 Å². The summed E-state index contributed by atoms with van der Waals surface area (Å²) in [5.41, 5.74) is 3.46. The van der Waals surface area contributed by atoms with Crippen molar-refractivity contribution >= 4 is 28.3 Å². The average molecular weight is 490 g/mol. The molecule has 0 radical (unpaired) electrons. The van der Waals surface area contributed by atoms with E-state index in [0.717, 1.165) is 16.7 Å². The van der Waals surface area contributed by atoms with Gasteiger partial charge in [-0.25, -0.2) is 4.98 Å². The number of carbonyl (C=O) groups is 2. The van der Waals surface area contributed by atoms with E-state index in [1.807, 2.05) is 47.8 Å². The number of aromatic nitrogens is 1. The predicted molar refractivity (Wildman–Crippen MR) is 132 cm³/mol. The number of benzene rings is 2. The van der Waals surface area contributed by atoms with Gasteiger partial charge in [-0.3, -0.25) is 9.59 Å². The van der Waals surface area contributed by atoms with Crippen molar-refractivity contribution in [1.29, 1.82) is 0 Å². The van der Waals surface area contributed by atoms with E-state index < -0.39 is 6.04 Å². The molecule has 2 amide bonds. The highest BCUT2D eigenvalue weighted by molar-refractivity contribution is 7.14. The van der Waals surface area contributed by atoms with Gasteiger partial charge in [-0.15, -0.1) is 11.3 Å². The summed E-state index contributed by atoms with van der Waals surface area (Å²) in [5.74, 6) is 0.882. The summed E-state index contributed by atoms with van der Waals surface area (Å²) in [6.07, 6.45) is 1.85. The Morgan fingerprint density at radius 2 is 1.91 bits per heavy atom. The Hall–Kier alpha value is -4.11. The number of nitrogens with one attached hydrogen (secondary N) is 1. The van der Waals surface area contributed by atoms with Crippen LogP contribution in [0.1, 0.15) is 21.7 Å². The van der Waals surface area contributed by atoms with Crippen molar-refractivity contribution in [2.75, 3.05) is 19.5 Å². The molecular weight excluding hydrogens is 466 g/mol. The first-order chi connectivity index (χ1) is 17.1. The largest absolute Gasteiger partial charge is 0.497 e. The molecule has 1 aliphatic heterocycles. The monoisotopic (exact) mass is 489 g/mol. The minimum Gasteiger partial charge on any atom is -0.497 e. The van der Waals surface area contributed by atoms with Crippen LogP contribution in [0.25, 0.3) is 11.3 Å². The first-order valence-corrected chi connectivity index (χ1v) is 11.9. The molecule has 0 saturated heterocycles. The van der Waals surface area contributed by atoms with Gasteiger partial charge in [0, 0.05) is 23.9 Å². The highest BCUT2D eigenvalue weighted by Crippen LogP contribution is 2.35. The minimum absolute atomic E-state index is 0.198. The van der Waals surface area contributed by atoms with E-state index in [1.54, 1.807) is 31.3 Å². The first-order valence-electron chi connectivity index (χ1n) is 11.0. The number of methoxy groups -OCH3 is 2. The Kier molecular flexibility index (Phi) is 6.24. The third kappa shape index (κ3) is 4.50. The molecule has 8 nitrogen and oxygen atoms in total. The number of thiazole rings is 1. The number of hydrogen-bond donors (Lipinski definition) is 1. The summed E-state index contributed by atoms with van der Waals surface area (Å²) in [5, 5.41) is 5.17. The Morgan fingerprint density at radius 3 is 2.66 bits per heavy atom. The topological polar surface area (TPSA) is 93.9 Å². The van der Waals surface area contributed by atoms with Gasteiger partial charge in [0.2, 0.25) is 5.91 Å². The molecule has 2 aromatic heterocycles. The normalized spacial score (nSPS) is 14.8. The lowest BCUT2D eigenvalue weighted by atomic mass is 9.93. The standard InChI is InChI=1S/C26H23N3O5S/c1-32-18-9-10-22(33-2)19(13-18)20-15-35-26(27-20)28-24(30)21-12-16-6-3-4-7-17(16)14-29(21)25(31)23-8-5-11-34-23/h3-11,13,15,21H,12,14H2,1-2H3,(H,27,28,30)/t21-/m0/s1. The van der Waals surface area contributed by atoms with E-state index in [0.29, 0.717) is 35.3 Å². The molecule has 2 aromatic carbocycles. The fourth-order valence-electron chi connectivity index (χ4n) is 4.17. The number of rotatable bonds is 6. The Balaban J connectivity index is 1.41. The molecule has 0 spiro atoms. The molecule has 4 aromatic rings. The smallest absolute Gasteiger partial charge is 0.290 e. The fraction of sp³-hybridized carbons (Fsp3) is 0.192. The van der Waals surface area contributed by atoms with Crippen LogP contribution in [0, 0.1) is 0 Å². The zero-order valence-corrected chi connectivity index (χ0v) is 20.0. The molecule has 0 fully saturated rings. The van der Waals surface area contributed by atoms with Crippen molar-refractivity contribution < 1.29 is 23.5 Å². The maximum atomic E-state index is 13.4. The van der Waals surface area contributed by atoms with Gasteiger partial charge in [-0.05, 0) is 41.5 Å². The van der Waals surface area contributed by atoms with Gasteiger partial charge < -0.3 is 24.1 Å². The van der Waals surface area contributed by atoms with Crippen molar-refractivity contribution in [1.82, 2.24) is 9.88 Å². The van der Waals surface area contributed by atoms with Crippen LogP contribution in [0.4, 0.5) is 5.13 Å². The molecule has 178 valence electrons. The second kappa shape index (κ2) is 9.63. The van der Waals surface area contributed by atoms with Crippen molar-refractivity contribution in [3.63, 3.8) is 0 Å². The Morgan fingerprint density at radius 1 is 1.09 bits per heavy atom. The minimum atomic E-state index is -0.707. The predicted octanol–water partition coefficient (Wildman–Crippen LogP) is 4.63. The van der Waals surface area contributed by atoms with Gasteiger partial charge in [-0.2, -0.15) is 0 Å². The van der Waals surface area contributed by atoms with E-state index in [-0.39, 0.29) is 17.6 Å². The zero-order valence-electron chi connectivity index (χ0n) is 19.2. The number of hydrogen-bond acceptors (Lipinski definition) is 7. The lowest BCUT2D eigenvalue weighted by Gasteiger charge is -2.35. The number of carbonyl (C=O) groups excluding carboxylic acids is 2. The number of ether oxygens (including phenoxy) is 2. The van der Waals surface area contributed by atoms with Crippen molar-refractivity contribution in [3.8, 4) is 22.8 Å². The number of amides is 2. The maximum absolute atomic E-state index is 13.4. The summed E-state index contributed by atoms with van der Waals surface area (Å²) in [6, 6.07) is 15.8. The molecule has 3 heterocycles. The quantitative estimate of drug-likeness (QED) is 0.425. The fourth-order valence-corrected chi connectivity index (χ4v) is 4.88. The molecule has 1 aliphatic rings. The maximum Gasteiger partial charge on any atom is 0.290 e. The molecule has 0 bridgehead atoms. The van der Waals surface area contributed by atoms with Crippen molar-refractivity contribution in [3.05, 3.63) is 83.1 Å². The number of furan rings is 1. The Bertz CT molecular complexity index is 1370. The number of fused-ring (bicyclic) bond motifs is 1. The zero-order chi connectivity index (χ0) is 24.4. The highest BCUT2D eigenvalue weighted by Gasteiger charge is 2.36. The second-order valence-electron chi connectivity index (χ2n) is 7.99. The summed E-state index contributed by atoms with van der Waals surface area (Å²) in [7, 11) is 3.18. The van der Waals surface area contributed by atoms with E-state index in [9.17, 15) is 9.59 Å². The van der Waals surface area contributed by atoms with Crippen LogP contribution in [0.3, 0.4) is 0 Å². The van der Waals surface area contributed by atoms with E-state index in [4.69, 9.17) is 13.9 Å².